The van der Waals surface area contributed by atoms with Gasteiger partial charge in [0, 0.05) is 32.9 Å². The first-order valence-electron chi connectivity index (χ1n) is 14.9. The second kappa shape index (κ2) is 10.3. The van der Waals surface area contributed by atoms with E-state index in [1.807, 2.05) is 79.7 Å². The number of halogens is 6. The summed E-state index contributed by atoms with van der Waals surface area (Å²) in [6, 6.07) is 34.9. The van der Waals surface area contributed by atoms with E-state index in [1.54, 1.807) is 27.3 Å². The highest BCUT2D eigenvalue weighted by molar-refractivity contribution is 6.10. The van der Waals surface area contributed by atoms with Crippen LogP contribution in [0.4, 0.5) is 26.3 Å². The highest BCUT2D eigenvalue weighted by Crippen LogP contribution is 2.45. The molecule has 6 aromatic carbocycles. The summed E-state index contributed by atoms with van der Waals surface area (Å²) in [7, 11) is 0. The lowest BCUT2D eigenvalue weighted by Crippen LogP contribution is -2.13. The minimum Gasteiger partial charge on any atom is -0.309 e. The molecule has 0 N–H and O–H groups in total. The highest BCUT2D eigenvalue weighted by atomic mass is 19.4. The zero-order valence-corrected chi connectivity index (χ0v) is 24.8. The zero-order valence-electron chi connectivity index (χ0n) is 24.8. The van der Waals surface area contributed by atoms with Crippen molar-refractivity contribution in [2.24, 2.45) is 0 Å². The van der Waals surface area contributed by atoms with Gasteiger partial charge in [-0.3, -0.25) is 0 Å². The van der Waals surface area contributed by atoms with Gasteiger partial charge in [0.15, 0.2) is 0 Å². The van der Waals surface area contributed by atoms with Crippen LogP contribution in [0.25, 0.3) is 66.1 Å². The molecule has 0 saturated carbocycles. The Hall–Kier alpha value is -5.50. The van der Waals surface area contributed by atoms with Gasteiger partial charge >= 0.3 is 12.4 Å². The van der Waals surface area contributed by atoms with E-state index >= 15 is 0 Å². The van der Waals surface area contributed by atoms with Gasteiger partial charge in [0.05, 0.1) is 33.2 Å². The van der Waals surface area contributed by atoms with Crippen LogP contribution in [0, 0.1) is 6.92 Å². The number of alkyl halides is 6. The average Bonchev–Trinajstić information content (AvgIpc) is 3.56. The van der Waals surface area contributed by atoms with Crippen molar-refractivity contribution in [3.8, 4) is 22.5 Å². The molecule has 232 valence electrons. The van der Waals surface area contributed by atoms with Crippen molar-refractivity contribution < 1.29 is 26.3 Å². The fourth-order valence-corrected chi connectivity index (χ4v) is 6.85. The molecule has 0 spiro atoms. The normalized spacial score (nSPS) is 12.6. The lowest BCUT2D eigenvalue weighted by Gasteiger charge is -2.20. The molecule has 8 heteroatoms. The van der Waals surface area contributed by atoms with Gasteiger partial charge in [0.25, 0.3) is 0 Å². The molecule has 0 aliphatic heterocycles. The molecule has 2 nitrogen and oxygen atoms in total. The molecular weight excluding hydrogens is 610 g/mol. The lowest BCUT2D eigenvalue weighted by molar-refractivity contribution is -0.139. The third kappa shape index (κ3) is 4.58. The monoisotopic (exact) mass is 634 g/mol. The Labute approximate surface area is 264 Å². The lowest BCUT2D eigenvalue weighted by atomic mass is 9.93. The fraction of sp³-hybridized carbons (Fsp3) is 0.0769. The first-order valence-corrected chi connectivity index (χ1v) is 14.9. The number of fused-ring (bicyclic) bond motifs is 6. The summed E-state index contributed by atoms with van der Waals surface area (Å²) in [6.07, 6.45) is -9.87. The van der Waals surface area contributed by atoms with Crippen LogP contribution in [0.2, 0.25) is 0 Å². The first-order chi connectivity index (χ1) is 22.5. The van der Waals surface area contributed by atoms with E-state index in [9.17, 15) is 26.3 Å². The summed E-state index contributed by atoms with van der Waals surface area (Å²) < 4.78 is 92.3. The Kier molecular flexibility index (Phi) is 6.31. The largest absolute Gasteiger partial charge is 0.417 e. The summed E-state index contributed by atoms with van der Waals surface area (Å²) in [5.41, 5.74) is 0.784. The maximum atomic E-state index is 14.8. The third-order valence-corrected chi connectivity index (χ3v) is 8.83. The molecule has 0 atom stereocenters. The van der Waals surface area contributed by atoms with Gasteiger partial charge in [-0.15, -0.1) is 0 Å². The maximum Gasteiger partial charge on any atom is 0.417 e. The molecule has 0 aliphatic rings. The van der Waals surface area contributed by atoms with Crippen molar-refractivity contribution in [3.63, 3.8) is 0 Å². The van der Waals surface area contributed by atoms with Crippen LogP contribution in [-0.4, -0.2) is 9.13 Å². The number of hydrogen-bond donors (Lipinski definition) is 0. The Morgan fingerprint density at radius 1 is 0.404 bits per heavy atom. The molecule has 0 aliphatic carbocycles. The summed E-state index contributed by atoms with van der Waals surface area (Å²) in [6.45, 7) is 1.94. The summed E-state index contributed by atoms with van der Waals surface area (Å²) in [5.74, 6) is 0. The number of aromatic nitrogens is 2. The molecule has 0 fully saturated rings. The Morgan fingerprint density at radius 2 is 0.787 bits per heavy atom. The van der Waals surface area contributed by atoms with E-state index in [4.69, 9.17) is 0 Å². The SMILES string of the molecule is Cc1ccc2c(c1)c1ccccc1n2-c1ccc(-c2ccc(-n3c4ccccc4c4ccccc43)cc2C(F)(F)F)c(C(F)(F)F)c1. The van der Waals surface area contributed by atoms with Crippen LogP contribution in [-0.2, 0) is 12.4 Å². The molecule has 2 heterocycles. The van der Waals surface area contributed by atoms with E-state index in [0.717, 1.165) is 51.4 Å². The summed E-state index contributed by atoms with van der Waals surface area (Å²) >= 11 is 0. The summed E-state index contributed by atoms with van der Waals surface area (Å²) in [5, 5.41) is 3.45. The molecule has 0 radical (unpaired) electrons. The van der Waals surface area contributed by atoms with Crippen LogP contribution in [0.5, 0.6) is 0 Å². The van der Waals surface area contributed by atoms with E-state index < -0.39 is 34.6 Å². The van der Waals surface area contributed by atoms with Gasteiger partial charge < -0.3 is 9.13 Å². The minimum absolute atomic E-state index is 0.198. The van der Waals surface area contributed by atoms with Crippen LogP contribution in [0.15, 0.2) is 127 Å². The van der Waals surface area contributed by atoms with Gasteiger partial charge in [-0.2, -0.15) is 26.3 Å². The second-order valence-corrected chi connectivity index (χ2v) is 11.7. The first kappa shape index (κ1) is 28.9. The Balaban J connectivity index is 1.36. The third-order valence-electron chi connectivity index (χ3n) is 8.83. The Bertz CT molecular complexity index is 2460. The minimum atomic E-state index is -4.94. The van der Waals surface area contributed by atoms with Gasteiger partial charge in [-0.25, -0.2) is 0 Å². The van der Waals surface area contributed by atoms with Crippen LogP contribution in [0.3, 0.4) is 0 Å². The molecule has 0 amide bonds. The van der Waals surface area contributed by atoms with E-state index in [0.29, 0.717) is 22.1 Å². The van der Waals surface area contributed by atoms with Gasteiger partial charge in [0.1, 0.15) is 0 Å². The molecular formula is C39H24F6N2. The molecule has 47 heavy (non-hydrogen) atoms. The van der Waals surface area contributed by atoms with Gasteiger partial charge in [-0.1, -0.05) is 78.4 Å². The standard InChI is InChI=1S/C39H24F6N2/c1-23-14-19-37-31(20-23)30-10-4-7-13-36(30)47(37)25-16-18-27(33(22-25)39(43,44)45)26-17-15-24(21-32(26)38(40,41)42)46-34-11-5-2-8-28(34)29-9-3-6-12-35(29)46/h2-22H,1H3. The maximum absolute atomic E-state index is 14.8. The highest BCUT2D eigenvalue weighted by Gasteiger charge is 2.39. The predicted molar refractivity (Wildman–Crippen MR) is 175 cm³/mol. The van der Waals surface area contributed by atoms with Crippen LogP contribution in [0.1, 0.15) is 16.7 Å². The van der Waals surface area contributed by atoms with Gasteiger partial charge in [-0.05, 0) is 72.6 Å². The quantitative estimate of drug-likeness (QED) is 0.171. The van der Waals surface area contributed by atoms with Gasteiger partial charge in [0.2, 0.25) is 0 Å². The zero-order chi connectivity index (χ0) is 32.7. The number of aryl methyl sites for hydroxylation is 1. The second-order valence-electron chi connectivity index (χ2n) is 11.7. The number of para-hydroxylation sites is 3. The molecule has 0 unspecified atom stereocenters. The van der Waals surface area contributed by atoms with Crippen molar-refractivity contribution in [1.29, 1.82) is 0 Å². The van der Waals surface area contributed by atoms with E-state index in [1.165, 1.54) is 12.1 Å². The number of benzene rings is 6. The van der Waals surface area contributed by atoms with Crippen molar-refractivity contribution in [1.82, 2.24) is 9.13 Å². The predicted octanol–water partition coefficient (Wildman–Crippen LogP) is 11.9. The topological polar surface area (TPSA) is 9.86 Å². The average molecular weight is 635 g/mol. The smallest absolute Gasteiger partial charge is 0.309 e. The summed E-state index contributed by atoms with van der Waals surface area (Å²) in [4.78, 5) is 0. The van der Waals surface area contributed by atoms with Crippen LogP contribution >= 0.6 is 0 Å². The molecule has 0 saturated heterocycles. The molecule has 2 aromatic heterocycles. The fourth-order valence-electron chi connectivity index (χ4n) is 6.85. The molecule has 8 rings (SSSR count). The van der Waals surface area contributed by atoms with Crippen molar-refractivity contribution in [3.05, 3.63) is 144 Å². The van der Waals surface area contributed by atoms with Crippen molar-refractivity contribution in [2.45, 2.75) is 19.3 Å². The number of hydrogen-bond acceptors (Lipinski definition) is 0. The number of nitrogens with zero attached hydrogens (tertiary/aromatic N) is 2. The van der Waals surface area contributed by atoms with Crippen molar-refractivity contribution >= 4 is 43.6 Å². The number of rotatable bonds is 3. The molecule has 8 aromatic rings. The van der Waals surface area contributed by atoms with E-state index in [-0.39, 0.29) is 11.4 Å². The molecule has 0 bridgehead atoms. The van der Waals surface area contributed by atoms with Crippen LogP contribution < -0.4 is 0 Å². The Morgan fingerprint density at radius 3 is 1.21 bits per heavy atom. The van der Waals surface area contributed by atoms with E-state index in [2.05, 4.69) is 0 Å². The van der Waals surface area contributed by atoms with Crippen molar-refractivity contribution in [2.75, 3.05) is 0 Å².